The van der Waals surface area contributed by atoms with Gasteiger partial charge in [-0.3, -0.25) is 0 Å². The molecule has 3 nitrogen and oxygen atoms in total. The standard InChI is InChI=1S/C17H18O3/c1-19-14-5-3-11(4-6-14)12-7-13-8-15(20-2)10-17(18)16(13)9-12/h3-6,8,10,12,18H,7,9H2,1-2H3. The summed E-state index contributed by atoms with van der Waals surface area (Å²) in [7, 11) is 3.29. The molecule has 1 atom stereocenters. The van der Waals surface area contributed by atoms with E-state index in [0.717, 1.165) is 29.9 Å². The Balaban J connectivity index is 1.87. The van der Waals surface area contributed by atoms with E-state index in [1.54, 1.807) is 20.3 Å². The predicted octanol–water partition coefficient (Wildman–Crippen LogP) is 3.29. The van der Waals surface area contributed by atoms with Crippen molar-refractivity contribution in [3.05, 3.63) is 53.1 Å². The molecule has 104 valence electrons. The molecule has 0 fully saturated rings. The highest BCUT2D eigenvalue weighted by molar-refractivity contribution is 5.50. The molecular weight excluding hydrogens is 252 g/mol. The zero-order chi connectivity index (χ0) is 14.1. The average molecular weight is 270 g/mol. The maximum absolute atomic E-state index is 10.1. The number of methoxy groups -OCH3 is 2. The van der Waals surface area contributed by atoms with Crippen molar-refractivity contribution < 1.29 is 14.6 Å². The number of hydrogen-bond acceptors (Lipinski definition) is 3. The monoisotopic (exact) mass is 270 g/mol. The van der Waals surface area contributed by atoms with Crippen LogP contribution in [0.3, 0.4) is 0 Å². The molecule has 1 unspecified atom stereocenters. The number of fused-ring (bicyclic) bond motifs is 1. The van der Waals surface area contributed by atoms with E-state index >= 15 is 0 Å². The second-order valence-corrected chi connectivity index (χ2v) is 5.16. The highest BCUT2D eigenvalue weighted by Crippen LogP contribution is 2.40. The molecule has 0 radical (unpaired) electrons. The van der Waals surface area contributed by atoms with Gasteiger partial charge >= 0.3 is 0 Å². The largest absolute Gasteiger partial charge is 0.508 e. The molecule has 0 heterocycles. The highest BCUT2D eigenvalue weighted by atomic mass is 16.5. The molecule has 1 aliphatic carbocycles. The number of phenols is 1. The first-order chi connectivity index (χ1) is 9.71. The van der Waals surface area contributed by atoms with E-state index in [2.05, 4.69) is 12.1 Å². The second kappa shape index (κ2) is 5.08. The fourth-order valence-corrected chi connectivity index (χ4v) is 2.92. The lowest BCUT2D eigenvalue weighted by Crippen LogP contribution is -1.97. The summed E-state index contributed by atoms with van der Waals surface area (Å²) in [5.41, 5.74) is 3.51. The molecule has 1 N–H and O–H groups in total. The van der Waals surface area contributed by atoms with Crippen LogP contribution < -0.4 is 9.47 Å². The highest BCUT2D eigenvalue weighted by Gasteiger charge is 2.26. The summed E-state index contributed by atoms with van der Waals surface area (Å²) in [6, 6.07) is 11.9. The van der Waals surface area contributed by atoms with Crippen LogP contribution in [0.4, 0.5) is 0 Å². The zero-order valence-electron chi connectivity index (χ0n) is 11.7. The summed E-state index contributed by atoms with van der Waals surface area (Å²) in [5, 5.41) is 10.1. The molecule has 3 rings (SSSR count). The van der Waals surface area contributed by atoms with E-state index in [1.165, 1.54) is 11.1 Å². The molecule has 0 aromatic heterocycles. The Labute approximate surface area is 118 Å². The van der Waals surface area contributed by atoms with Gasteiger partial charge in [-0.05, 0) is 53.6 Å². The summed E-state index contributed by atoms with van der Waals surface area (Å²) in [4.78, 5) is 0. The Bertz CT molecular complexity index is 617. The lowest BCUT2D eigenvalue weighted by molar-refractivity contribution is 0.406. The zero-order valence-corrected chi connectivity index (χ0v) is 11.7. The normalized spacial score (nSPS) is 16.8. The fraction of sp³-hybridized carbons (Fsp3) is 0.294. The maximum Gasteiger partial charge on any atom is 0.122 e. The molecule has 0 amide bonds. The first-order valence-corrected chi connectivity index (χ1v) is 6.74. The van der Waals surface area contributed by atoms with Crippen LogP contribution >= 0.6 is 0 Å². The van der Waals surface area contributed by atoms with E-state index in [9.17, 15) is 5.11 Å². The van der Waals surface area contributed by atoms with Gasteiger partial charge in [-0.15, -0.1) is 0 Å². The van der Waals surface area contributed by atoms with Gasteiger partial charge in [-0.25, -0.2) is 0 Å². The third-order valence-electron chi connectivity index (χ3n) is 4.03. The van der Waals surface area contributed by atoms with Gasteiger partial charge in [-0.1, -0.05) is 12.1 Å². The number of rotatable bonds is 3. The van der Waals surface area contributed by atoms with Crippen molar-refractivity contribution in [3.8, 4) is 17.2 Å². The number of hydrogen-bond donors (Lipinski definition) is 1. The van der Waals surface area contributed by atoms with Crippen molar-refractivity contribution >= 4 is 0 Å². The van der Waals surface area contributed by atoms with Crippen molar-refractivity contribution in [1.29, 1.82) is 0 Å². The second-order valence-electron chi connectivity index (χ2n) is 5.16. The van der Waals surface area contributed by atoms with Gasteiger partial charge in [-0.2, -0.15) is 0 Å². The summed E-state index contributed by atoms with van der Waals surface area (Å²) in [6.07, 6.45) is 1.81. The van der Waals surface area contributed by atoms with Gasteiger partial charge in [0.25, 0.3) is 0 Å². The first-order valence-electron chi connectivity index (χ1n) is 6.74. The maximum atomic E-state index is 10.1. The minimum absolute atomic E-state index is 0.343. The number of benzene rings is 2. The summed E-state index contributed by atoms with van der Waals surface area (Å²) in [6.45, 7) is 0. The van der Waals surface area contributed by atoms with Crippen molar-refractivity contribution in [2.45, 2.75) is 18.8 Å². The van der Waals surface area contributed by atoms with Crippen molar-refractivity contribution in [2.24, 2.45) is 0 Å². The number of ether oxygens (including phenoxy) is 2. The lowest BCUT2D eigenvalue weighted by Gasteiger charge is -2.10. The summed E-state index contributed by atoms with van der Waals surface area (Å²) in [5.74, 6) is 2.34. The third kappa shape index (κ3) is 2.20. The van der Waals surface area contributed by atoms with Crippen LogP contribution in [0.2, 0.25) is 0 Å². The Kier molecular flexibility index (Phi) is 3.26. The van der Waals surface area contributed by atoms with Crippen LogP contribution in [-0.4, -0.2) is 19.3 Å². The van der Waals surface area contributed by atoms with Crippen LogP contribution in [0.25, 0.3) is 0 Å². The summed E-state index contributed by atoms with van der Waals surface area (Å²) >= 11 is 0. The third-order valence-corrected chi connectivity index (χ3v) is 4.03. The molecule has 20 heavy (non-hydrogen) atoms. The van der Waals surface area contributed by atoms with E-state index in [0.29, 0.717) is 11.7 Å². The Morgan fingerprint density at radius 1 is 0.950 bits per heavy atom. The van der Waals surface area contributed by atoms with Gasteiger partial charge in [0.15, 0.2) is 0 Å². The minimum Gasteiger partial charge on any atom is -0.508 e. The van der Waals surface area contributed by atoms with Crippen LogP contribution in [0, 0.1) is 0 Å². The molecule has 0 aliphatic heterocycles. The minimum atomic E-state index is 0.343. The van der Waals surface area contributed by atoms with Crippen molar-refractivity contribution in [3.63, 3.8) is 0 Å². The first kappa shape index (κ1) is 12.9. The molecule has 0 spiro atoms. The van der Waals surface area contributed by atoms with Gasteiger partial charge in [0.05, 0.1) is 14.2 Å². The molecule has 0 saturated carbocycles. The molecular formula is C17H18O3. The Morgan fingerprint density at radius 3 is 2.30 bits per heavy atom. The molecule has 2 aromatic carbocycles. The van der Waals surface area contributed by atoms with Crippen LogP contribution in [0.5, 0.6) is 17.2 Å². The van der Waals surface area contributed by atoms with Crippen LogP contribution in [0.15, 0.2) is 36.4 Å². The summed E-state index contributed by atoms with van der Waals surface area (Å²) < 4.78 is 10.4. The predicted molar refractivity (Wildman–Crippen MR) is 77.8 cm³/mol. The molecule has 1 aliphatic rings. The van der Waals surface area contributed by atoms with Crippen molar-refractivity contribution in [1.82, 2.24) is 0 Å². The molecule has 3 heteroatoms. The topological polar surface area (TPSA) is 38.7 Å². The molecule has 0 saturated heterocycles. The number of phenolic OH excluding ortho intramolecular Hbond substituents is 1. The quantitative estimate of drug-likeness (QED) is 0.930. The van der Waals surface area contributed by atoms with Crippen molar-refractivity contribution in [2.75, 3.05) is 14.2 Å². The van der Waals surface area contributed by atoms with Crippen LogP contribution in [0.1, 0.15) is 22.6 Å². The Morgan fingerprint density at radius 2 is 1.65 bits per heavy atom. The molecule has 0 bridgehead atoms. The fourth-order valence-electron chi connectivity index (χ4n) is 2.92. The van der Waals surface area contributed by atoms with E-state index in [4.69, 9.17) is 9.47 Å². The van der Waals surface area contributed by atoms with Gasteiger partial charge in [0.2, 0.25) is 0 Å². The van der Waals surface area contributed by atoms with E-state index < -0.39 is 0 Å². The van der Waals surface area contributed by atoms with Gasteiger partial charge in [0.1, 0.15) is 17.2 Å². The number of aromatic hydroxyl groups is 1. The van der Waals surface area contributed by atoms with Gasteiger partial charge < -0.3 is 14.6 Å². The van der Waals surface area contributed by atoms with Gasteiger partial charge in [0, 0.05) is 6.07 Å². The molecule has 2 aromatic rings. The van der Waals surface area contributed by atoms with E-state index in [-0.39, 0.29) is 0 Å². The van der Waals surface area contributed by atoms with E-state index in [1.807, 2.05) is 18.2 Å². The Hall–Kier alpha value is -2.16. The smallest absolute Gasteiger partial charge is 0.122 e. The SMILES string of the molecule is COc1ccc(C2Cc3cc(OC)cc(O)c3C2)cc1. The lowest BCUT2D eigenvalue weighted by atomic mass is 9.96. The average Bonchev–Trinajstić information content (AvgIpc) is 2.92. The van der Waals surface area contributed by atoms with Crippen LogP contribution in [-0.2, 0) is 12.8 Å².